The van der Waals surface area contributed by atoms with E-state index in [-0.39, 0.29) is 5.78 Å². The normalized spacial score (nSPS) is 11.8. The number of allylic oxidation sites excluding steroid dienone is 1. The highest BCUT2D eigenvalue weighted by Gasteiger charge is 2.15. The van der Waals surface area contributed by atoms with Gasteiger partial charge in [0.15, 0.2) is 5.78 Å². The second kappa shape index (κ2) is 8.21. The Morgan fingerprint density at radius 3 is 2.24 bits per heavy atom. The van der Waals surface area contributed by atoms with Gasteiger partial charge in [0.1, 0.15) is 0 Å². The molecule has 0 spiro atoms. The van der Waals surface area contributed by atoms with E-state index in [4.69, 9.17) is 0 Å². The van der Waals surface area contributed by atoms with Gasteiger partial charge in [-0.25, -0.2) is 0 Å². The number of benzene rings is 2. The molecule has 0 fully saturated rings. The van der Waals surface area contributed by atoms with Crippen LogP contribution in [0, 0.1) is 5.92 Å². The van der Waals surface area contributed by atoms with Crippen molar-refractivity contribution >= 4 is 5.78 Å². The zero-order valence-electron chi connectivity index (χ0n) is 12.4. The van der Waals surface area contributed by atoms with E-state index >= 15 is 0 Å². The number of rotatable bonds is 8. The number of hydrogen-bond donors (Lipinski definition) is 0. The Balaban J connectivity index is 2.02. The first-order chi connectivity index (χ1) is 10.3. The fraction of sp³-hybridized carbons (Fsp3) is 0.250. The zero-order chi connectivity index (χ0) is 14.9. The van der Waals surface area contributed by atoms with Gasteiger partial charge in [-0.05, 0) is 30.7 Å². The average Bonchev–Trinajstić information content (AvgIpc) is 2.54. The molecule has 2 aromatic carbocycles. The maximum Gasteiger partial charge on any atom is 0.163 e. The van der Waals surface area contributed by atoms with Crippen LogP contribution >= 0.6 is 0 Å². The number of carbonyl (C=O) groups is 1. The SMILES string of the molecule is C=CCCC(CC(=O)c1ccccc1)Cc1ccccc1. The van der Waals surface area contributed by atoms with Crippen molar-refractivity contribution in [1.29, 1.82) is 0 Å². The fourth-order valence-corrected chi connectivity index (χ4v) is 2.58. The van der Waals surface area contributed by atoms with E-state index in [1.807, 2.05) is 42.5 Å². The van der Waals surface area contributed by atoms with Crippen molar-refractivity contribution in [2.45, 2.75) is 25.7 Å². The van der Waals surface area contributed by atoms with Gasteiger partial charge >= 0.3 is 0 Å². The van der Waals surface area contributed by atoms with Crippen molar-refractivity contribution in [2.75, 3.05) is 0 Å². The summed E-state index contributed by atoms with van der Waals surface area (Å²) in [6.07, 6.45) is 5.46. The summed E-state index contributed by atoms with van der Waals surface area (Å²) in [6, 6.07) is 20.0. The van der Waals surface area contributed by atoms with Gasteiger partial charge in [-0.1, -0.05) is 66.7 Å². The van der Waals surface area contributed by atoms with Crippen molar-refractivity contribution in [2.24, 2.45) is 5.92 Å². The number of ketones is 1. The molecule has 0 amide bonds. The molecule has 0 saturated carbocycles. The van der Waals surface area contributed by atoms with Crippen LogP contribution < -0.4 is 0 Å². The topological polar surface area (TPSA) is 17.1 Å². The van der Waals surface area contributed by atoms with Gasteiger partial charge in [0.2, 0.25) is 0 Å². The molecule has 21 heavy (non-hydrogen) atoms. The molecule has 0 aliphatic carbocycles. The van der Waals surface area contributed by atoms with E-state index in [0.29, 0.717) is 12.3 Å². The van der Waals surface area contributed by atoms with Crippen molar-refractivity contribution in [3.05, 3.63) is 84.4 Å². The second-order valence-electron chi connectivity index (χ2n) is 5.42. The third-order valence-corrected chi connectivity index (χ3v) is 3.72. The highest BCUT2D eigenvalue weighted by atomic mass is 16.1. The molecule has 2 aromatic rings. The molecule has 0 aromatic heterocycles. The van der Waals surface area contributed by atoms with Crippen LogP contribution in [-0.4, -0.2) is 5.78 Å². The van der Waals surface area contributed by atoms with E-state index in [2.05, 4.69) is 30.8 Å². The van der Waals surface area contributed by atoms with Gasteiger partial charge in [-0.15, -0.1) is 6.58 Å². The molecular formula is C20H22O. The minimum absolute atomic E-state index is 0.237. The van der Waals surface area contributed by atoms with E-state index in [9.17, 15) is 4.79 Å². The standard InChI is InChI=1S/C20H22O/c1-2-3-10-18(15-17-11-6-4-7-12-17)16-20(21)19-13-8-5-9-14-19/h2,4-9,11-14,18H,1,3,10,15-16H2. The predicted octanol–water partition coefficient (Wildman–Crippen LogP) is 5.08. The lowest BCUT2D eigenvalue weighted by molar-refractivity contribution is 0.0959. The van der Waals surface area contributed by atoms with E-state index < -0.39 is 0 Å². The van der Waals surface area contributed by atoms with Crippen LogP contribution in [0.1, 0.15) is 35.2 Å². The van der Waals surface area contributed by atoms with Gasteiger partial charge < -0.3 is 0 Å². The molecule has 1 nitrogen and oxygen atoms in total. The minimum Gasteiger partial charge on any atom is -0.294 e. The van der Waals surface area contributed by atoms with Crippen LogP contribution in [0.15, 0.2) is 73.3 Å². The first-order valence-electron chi connectivity index (χ1n) is 7.52. The molecule has 0 saturated heterocycles. The lowest BCUT2D eigenvalue weighted by atomic mass is 9.88. The molecule has 1 atom stereocenters. The van der Waals surface area contributed by atoms with Gasteiger partial charge in [0, 0.05) is 12.0 Å². The summed E-state index contributed by atoms with van der Waals surface area (Å²) in [5.74, 6) is 0.610. The van der Waals surface area contributed by atoms with Crippen molar-refractivity contribution in [3.63, 3.8) is 0 Å². The Kier molecular flexibility index (Phi) is 5.96. The summed E-state index contributed by atoms with van der Waals surface area (Å²) in [6.45, 7) is 3.79. The average molecular weight is 278 g/mol. The molecule has 0 aliphatic heterocycles. The van der Waals surface area contributed by atoms with Crippen molar-refractivity contribution < 1.29 is 4.79 Å². The number of carbonyl (C=O) groups excluding carboxylic acids is 1. The predicted molar refractivity (Wildman–Crippen MR) is 88.5 cm³/mol. The van der Waals surface area contributed by atoms with Crippen LogP contribution in [0.25, 0.3) is 0 Å². The zero-order valence-corrected chi connectivity index (χ0v) is 12.4. The van der Waals surface area contributed by atoms with Crippen LogP contribution in [0.3, 0.4) is 0 Å². The largest absolute Gasteiger partial charge is 0.294 e. The van der Waals surface area contributed by atoms with Crippen molar-refractivity contribution in [3.8, 4) is 0 Å². The quantitative estimate of drug-likeness (QED) is 0.486. The van der Waals surface area contributed by atoms with Crippen molar-refractivity contribution in [1.82, 2.24) is 0 Å². The van der Waals surface area contributed by atoms with Gasteiger partial charge in [0.05, 0.1) is 0 Å². The number of hydrogen-bond acceptors (Lipinski definition) is 1. The first-order valence-corrected chi connectivity index (χ1v) is 7.52. The van der Waals surface area contributed by atoms with E-state index in [1.165, 1.54) is 5.56 Å². The summed E-state index contributed by atoms with van der Waals surface area (Å²) in [5.41, 5.74) is 2.11. The Bertz CT molecular complexity index is 557. The lowest BCUT2D eigenvalue weighted by Crippen LogP contribution is -2.11. The monoisotopic (exact) mass is 278 g/mol. The third kappa shape index (κ3) is 5.03. The Morgan fingerprint density at radius 2 is 1.62 bits per heavy atom. The first kappa shape index (κ1) is 15.2. The maximum atomic E-state index is 12.4. The minimum atomic E-state index is 0.237. The summed E-state index contributed by atoms with van der Waals surface area (Å²) in [5, 5.41) is 0. The number of Topliss-reactive ketones (excluding diaryl/α,β-unsaturated/α-hetero) is 1. The summed E-state index contributed by atoms with van der Waals surface area (Å²) >= 11 is 0. The molecule has 0 radical (unpaired) electrons. The highest BCUT2D eigenvalue weighted by molar-refractivity contribution is 5.96. The molecule has 0 heterocycles. The Morgan fingerprint density at radius 1 is 1.00 bits per heavy atom. The van der Waals surface area contributed by atoms with Crippen LogP contribution in [-0.2, 0) is 6.42 Å². The van der Waals surface area contributed by atoms with Crippen LogP contribution in [0.5, 0.6) is 0 Å². The summed E-state index contributed by atoms with van der Waals surface area (Å²) < 4.78 is 0. The third-order valence-electron chi connectivity index (χ3n) is 3.72. The molecule has 0 bridgehead atoms. The van der Waals surface area contributed by atoms with Gasteiger partial charge in [0.25, 0.3) is 0 Å². The molecule has 1 unspecified atom stereocenters. The molecule has 1 heteroatoms. The molecule has 108 valence electrons. The van der Waals surface area contributed by atoms with E-state index in [0.717, 1.165) is 24.8 Å². The Labute approximate surface area is 127 Å². The highest BCUT2D eigenvalue weighted by Crippen LogP contribution is 2.20. The second-order valence-corrected chi connectivity index (χ2v) is 5.42. The smallest absolute Gasteiger partial charge is 0.163 e. The van der Waals surface area contributed by atoms with Gasteiger partial charge in [-0.3, -0.25) is 4.79 Å². The Hall–Kier alpha value is -2.15. The summed E-state index contributed by atoms with van der Waals surface area (Å²) in [4.78, 5) is 12.4. The molecule has 0 N–H and O–H groups in total. The van der Waals surface area contributed by atoms with E-state index in [1.54, 1.807) is 0 Å². The fourth-order valence-electron chi connectivity index (χ4n) is 2.58. The summed E-state index contributed by atoms with van der Waals surface area (Å²) in [7, 11) is 0. The maximum absolute atomic E-state index is 12.4. The van der Waals surface area contributed by atoms with Crippen LogP contribution in [0.4, 0.5) is 0 Å². The molecule has 0 aliphatic rings. The molecular weight excluding hydrogens is 256 g/mol. The van der Waals surface area contributed by atoms with Gasteiger partial charge in [-0.2, -0.15) is 0 Å². The lowest BCUT2D eigenvalue weighted by Gasteiger charge is -2.15. The molecule has 2 rings (SSSR count). The van der Waals surface area contributed by atoms with Crippen LogP contribution in [0.2, 0.25) is 0 Å².